The van der Waals surface area contributed by atoms with Gasteiger partial charge in [-0.2, -0.15) is 0 Å². The van der Waals surface area contributed by atoms with Crippen LogP contribution in [0.3, 0.4) is 0 Å². The van der Waals surface area contributed by atoms with Crippen LogP contribution in [0.25, 0.3) is 33.5 Å². The predicted octanol–water partition coefficient (Wildman–Crippen LogP) is 6.44. The van der Waals surface area contributed by atoms with Crippen LogP contribution in [0.2, 0.25) is 0 Å². The number of aryl methyl sites for hydroxylation is 4. The first-order valence-corrected chi connectivity index (χ1v) is 9.77. The fourth-order valence-electron chi connectivity index (χ4n) is 3.91. The van der Waals surface area contributed by atoms with Crippen LogP contribution in [-0.4, -0.2) is 0 Å². The molecule has 0 unspecified atom stereocenters. The molecule has 0 radical (unpaired) electrons. The molecule has 1 aromatic heterocycles. The van der Waals surface area contributed by atoms with E-state index in [0.717, 1.165) is 0 Å². The zero-order chi connectivity index (χ0) is 19.7. The second-order valence-electron chi connectivity index (χ2n) is 7.59. The van der Waals surface area contributed by atoms with Crippen molar-refractivity contribution in [2.75, 3.05) is 0 Å². The molecule has 0 aliphatic carbocycles. The summed E-state index contributed by atoms with van der Waals surface area (Å²) in [5.74, 6) is 0. The summed E-state index contributed by atoms with van der Waals surface area (Å²) in [6.45, 7) is 6.53. The molecule has 0 atom stereocenters. The van der Waals surface area contributed by atoms with Gasteiger partial charge in [0.1, 0.15) is 7.05 Å². The average molecular weight is 365 g/mol. The number of hydrogen-bond donors (Lipinski definition) is 0. The molecule has 1 heteroatoms. The van der Waals surface area contributed by atoms with Crippen molar-refractivity contribution in [3.8, 4) is 33.5 Å². The Labute approximate surface area is 167 Å². The molecule has 28 heavy (non-hydrogen) atoms. The normalized spacial score (nSPS) is 10.9. The van der Waals surface area contributed by atoms with E-state index >= 15 is 0 Å². The molecule has 3 aromatic carbocycles. The number of nitrogens with zero attached hydrogens (tertiary/aromatic N) is 1. The summed E-state index contributed by atoms with van der Waals surface area (Å²) < 4.78 is 2.20. The van der Waals surface area contributed by atoms with Crippen molar-refractivity contribution in [1.29, 1.82) is 0 Å². The Morgan fingerprint density at radius 3 is 2.07 bits per heavy atom. The van der Waals surface area contributed by atoms with Crippen molar-refractivity contribution in [2.24, 2.45) is 7.05 Å². The number of aromatic nitrogens is 1. The van der Waals surface area contributed by atoms with Gasteiger partial charge in [-0.05, 0) is 60.2 Å². The monoisotopic (exact) mass is 364 g/mol. The average Bonchev–Trinajstić information content (AvgIpc) is 2.69. The van der Waals surface area contributed by atoms with Gasteiger partial charge < -0.3 is 0 Å². The third-order valence-electron chi connectivity index (χ3n) is 5.49. The first kappa shape index (κ1) is 18.2. The zero-order valence-corrected chi connectivity index (χ0v) is 17.0. The summed E-state index contributed by atoms with van der Waals surface area (Å²) in [7, 11) is 2.11. The quantitative estimate of drug-likeness (QED) is 0.368. The molecule has 1 nitrogen and oxygen atoms in total. The Bertz CT molecular complexity index is 1140. The summed E-state index contributed by atoms with van der Waals surface area (Å²) in [4.78, 5) is 0. The lowest BCUT2D eigenvalue weighted by Crippen LogP contribution is -2.30. The molecule has 0 bridgehead atoms. The summed E-state index contributed by atoms with van der Waals surface area (Å²) in [5, 5.41) is 0. The van der Waals surface area contributed by atoms with E-state index in [1.165, 1.54) is 50.2 Å². The van der Waals surface area contributed by atoms with Crippen LogP contribution in [0.1, 0.15) is 16.7 Å². The number of rotatable bonds is 3. The molecule has 0 spiro atoms. The van der Waals surface area contributed by atoms with E-state index in [9.17, 15) is 0 Å². The van der Waals surface area contributed by atoms with E-state index in [1.54, 1.807) is 0 Å². The fourth-order valence-corrected chi connectivity index (χ4v) is 3.91. The smallest absolute Gasteiger partial charge is 0.201 e. The highest BCUT2D eigenvalue weighted by molar-refractivity contribution is 5.85. The minimum atomic E-state index is 1.23. The van der Waals surface area contributed by atoms with Crippen LogP contribution in [0, 0.1) is 20.8 Å². The SMILES string of the molecule is Cc1ccc(-c2ccc(-c3cccc(C)c3-c3cccc[n+]3C)c(C)c2)cc1. The molecule has 0 aliphatic heterocycles. The van der Waals surface area contributed by atoms with Gasteiger partial charge in [-0.3, -0.25) is 0 Å². The zero-order valence-electron chi connectivity index (χ0n) is 17.0. The molecule has 4 aromatic rings. The topological polar surface area (TPSA) is 3.88 Å². The van der Waals surface area contributed by atoms with Crippen molar-refractivity contribution >= 4 is 0 Å². The van der Waals surface area contributed by atoms with E-state index < -0.39 is 0 Å². The van der Waals surface area contributed by atoms with Crippen molar-refractivity contribution in [1.82, 2.24) is 0 Å². The van der Waals surface area contributed by atoms with E-state index in [2.05, 4.69) is 117 Å². The second kappa shape index (κ2) is 7.44. The van der Waals surface area contributed by atoms with Gasteiger partial charge >= 0.3 is 0 Å². The summed E-state index contributed by atoms with van der Waals surface area (Å²) in [6.07, 6.45) is 2.11. The predicted molar refractivity (Wildman–Crippen MR) is 118 cm³/mol. The minimum Gasteiger partial charge on any atom is -0.201 e. The highest BCUT2D eigenvalue weighted by Gasteiger charge is 2.18. The van der Waals surface area contributed by atoms with Crippen molar-refractivity contribution in [3.63, 3.8) is 0 Å². The van der Waals surface area contributed by atoms with Gasteiger partial charge in [0, 0.05) is 12.1 Å². The molecule has 0 saturated carbocycles. The Morgan fingerprint density at radius 1 is 0.607 bits per heavy atom. The van der Waals surface area contributed by atoms with Crippen LogP contribution >= 0.6 is 0 Å². The van der Waals surface area contributed by atoms with Gasteiger partial charge in [0.25, 0.3) is 0 Å². The van der Waals surface area contributed by atoms with E-state index in [-0.39, 0.29) is 0 Å². The second-order valence-corrected chi connectivity index (χ2v) is 7.59. The first-order valence-electron chi connectivity index (χ1n) is 9.77. The minimum absolute atomic E-state index is 1.23. The summed E-state index contributed by atoms with van der Waals surface area (Å²) in [5.41, 5.74) is 11.5. The van der Waals surface area contributed by atoms with Crippen LogP contribution in [0.15, 0.2) is 85.1 Å². The number of hydrogen-bond acceptors (Lipinski definition) is 0. The molecule has 0 N–H and O–H groups in total. The summed E-state index contributed by atoms with van der Waals surface area (Å²) >= 11 is 0. The van der Waals surface area contributed by atoms with E-state index in [0.29, 0.717) is 0 Å². The number of benzene rings is 3. The van der Waals surface area contributed by atoms with Gasteiger partial charge in [0.05, 0.1) is 5.56 Å². The lowest BCUT2D eigenvalue weighted by Gasteiger charge is -2.15. The summed E-state index contributed by atoms with van der Waals surface area (Å²) in [6, 6.07) is 28.5. The molecule has 0 amide bonds. The van der Waals surface area contributed by atoms with Gasteiger partial charge in [-0.15, -0.1) is 0 Å². The highest BCUT2D eigenvalue weighted by Crippen LogP contribution is 2.36. The molecule has 0 aliphatic rings. The van der Waals surface area contributed by atoms with Crippen LogP contribution in [0.4, 0.5) is 0 Å². The van der Waals surface area contributed by atoms with Gasteiger partial charge in [-0.1, -0.05) is 66.2 Å². The molecular weight excluding hydrogens is 338 g/mol. The molecule has 0 fully saturated rings. The molecule has 0 saturated heterocycles. The Kier molecular flexibility index (Phi) is 4.83. The van der Waals surface area contributed by atoms with Crippen molar-refractivity contribution in [2.45, 2.75) is 20.8 Å². The van der Waals surface area contributed by atoms with E-state index in [4.69, 9.17) is 0 Å². The molecule has 138 valence electrons. The van der Waals surface area contributed by atoms with Gasteiger partial charge in [0.2, 0.25) is 5.69 Å². The van der Waals surface area contributed by atoms with Crippen LogP contribution in [-0.2, 0) is 7.05 Å². The number of pyridine rings is 1. The Hall–Kier alpha value is -3.19. The lowest BCUT2D eigenvalue weighted by molar-refractivity contribution is -0.660. The third-order valence-corrected chi connectivity index (χ3v) is 5.49. The third kappa shape index (κ3) is 3.36. The van der Waals surface area contributed by atoms with Crippen molar-refractivity contribution in [3.05, 3.63) is 102 Å². The molecule has 1 heterocycles. The van der Waals surface area contributed by atoms with Gasteiger partial charge in [0.15, 0.2) is 6.20 Å². The first-order chi connectivity index (χ1) is 13.5. The molecular formula is C27H26N+. The maximum atomic E-state index is 2.30. The van der Waals surface area contributed by atoms with E-state index in [1.807, 2.05) is 0 Å². The van der Waals surface area contributed by atoms with Gasteiger partial charge in [-0.25, -0.2) is 4.57 Å². The molecule has 4 rings (SSSR count). The Morgan fingerprint density at radius 2 is 1.36 bits per heavy atom. The maximum Gasteiger partial charge on any atom is 0.213 e. The Balaban J connectivity index is 1.86. The fraction of sp³-hybridized carbons (Fsp3) is 0.148. The maximum absolute atomic E-state index is 2.30. The largest absolute Gasteiger partial charge is 0.213 e. The standard InChI is InChI=1S/C27H26N/c1-19-11-13-22(14-12-19)23-15-16-24(21(3)18-23)25-9-7-8-20(2)27(25)26-10-5-6-17-28(26)4/h5-18H,1-4H3/q+1. The lowest BCUT2D eigenvalue weighted by atomic mass is 9.89. The van der Waals surface area contributed by atoms with Crippen molar-refractivity contribution < 1.29 is 4.57 Å². The van der Waals surface area contributed by atoms with Crippen LogP contribution < -0.4 is 4.57 Å². The van der Waals surface area contributed by atoms with Crippen LogP contribution in [0.5, 0.6) is 0 Å². The highest BCUT2D eigenvalue weighted by atomic mass is 14.9.